The number of hydrogen-bond donors (Lipinski definition) is 2. The molecule has 0 atom stereocenters. The number of thioether (sulfide) groups is 1. The second-order valence-electron chi connectivity index (χ2n) is 7.72. The van der Waals surface area contributed by atoms with Crippen molar-refractivity contribution in [1.82, 2.24) is 19.1 Å². The SMILES string of the molecule is CCCn1c(N)c(C(=O)CSc2nc3sc4c(c3c(=O)n2CC)CCCC4)c(=O)[nH]c1=O. The van der Waals surface area contributed by atoms with Crippen LogP contribution in [-0.2, 0) is 25.9 Å². The summed E-state index contributed by atoms with van der Waals surface area (Å²) in [6.45, 7) is 4.45. The molecule has 3 N–H and O–H groups in total. The summed E-state index contributed by atoms with van der Waals surface area (Å²) < 4.78 is 2.77. The molecule has 32 heavy (non-hydrogen) atoms. The van der Waals surface area contributed by atoms with E-state index in [1.165, 1.54) is 9.44 Å². The Bertz CT molecular complexity index is 1380. The predicted octanol–water partition coefficient (Wildman–Crippen LogP) is 2.17. The summed E-state index contributed by atoms with van der Waals surface area (Å²) in [4.78, 5) is 59.2. The lowest BCUT2D eigenvalue weighted by Gasteiger charge is -2.13. The summed E-state index contributed by atoms with van der Waals surface area (Å²) in [7, 11) is 0. The number of Topliss-reactive ketones (excluding diaryl/α,β-unsaturated/α-hetero) is 1. The van der Waals surface area contributed by atoms with Crippen LogP contribution in [0.15, 0.2) is 19.5 Å². The smallest absolute Gasteiger partial charge is 0.329 e. The molecule has 0 aromatic carbocycles. The van der Waals surface area contributed by atoms with Crippen LogP contribution in [0.1, 0.15) is 53.9 Å². The largest absolute Gasteiger partial charge is 0.384 e. The van der Waals surface area contributed by atoms with Gasteiger partial charge in [-0.1, -0.05) is 18.7 Å². The number of aryl methyl sites for hydroxylation is 2. The molecule has 170 valence electrons. The number of rotatable bonds is 7. The van der Waals surface area contributed by atoms with E-state index < -0.39 is 17.0 Å². The normalized spacial score (nSPS) is 13.4. The molecule has 3 heterocycles. The van der Waals surface area contributed by atoms with Crippen LogP contribution in [0.4, 0.5) is 5.82 Å². The first-order valence-electron chi connectivity index (χ1n) is 10.7. The highest BCUT2D eigenvalue weighted by Gasteiger charge is 2.24. The van der Waals surface area contributed by atoms with Crippen molar-refractivity contribution in [3.8, 4) is 0 Å². The molecule has 11 heteroatoms. The molecule has 1 aliphatic carbocycles. The van der Waals surface area contributed by atoms with Gasteiger partial charge in [0.25, 0.3) is 11.1 Å². The quantitative estimate of drug-likeness (QED) is 0.304. The summed E-state index contributed by atoms with van der Waals surface area (Å²) in [5, 5.41) is 1.14. The first kappa shape index (κ1) is 22.5. The van der Waals surface area contributed by atoms with Gasteiger partial charge in [0.1, 0.15) is 16.2 Å². The summed E-state index contributed by atoms with van der Waals surface area (Å²) in [5.41, 5.74) is 5.37. The van der Waals surface area contributed by atoms with E-state index in [1.54, 1.807) is 15.9 Å². The van der Waals surface area contributed by atoms with Gasteiger partial charge in [0.2, 0.25) is 0 Å². The number of nitrogens with one attached hydrogen (secondary N) is 1. The van der Waals surface area contributed by atoms with Gasteiger partial charge in [-0.25, -0.2) is 9.78 Å². The van der Waals surface area contributed by atoms with E-state index in [0.29, 0.717) is 34.9 Å². The number of ketones is 1. The lowest BCUT2D eigenvalue weighted by Crippen LogP contribution is -2.36. The number of aromatic nitrogens is 4. The molecule has 0 saturated heterocycles. The lowest BCUT2D eigenvalue weighted by molar-refractivity contribution is 0.102. The van der Waals surface area contributed by atoms with Crippen LogP contribution in [0.25, 0.3) is 10.2 Å². The summed E-state index contributed by atoms with van der Waals surface area (Å²) in [5.74, 6) is -0.768. The molecule has 1 aliphatic rings. The standard InChI is InChI=1S/C21H25N5O4S2/c1-3-9-26-16(22)15(17(28)23-20(26)30)12(27)10-31-21-24-18-14(19(29)25(21)4-2)11-7-5-6-8-13(11)32-18/h3-10,22H2,1-2H3,(H,23,28,30). The third kappa shape index (κ3) is 3.83. The summed E-state index contributed by atoms with van der Waals surface area (Å²) in [6, 6.07) is 0. The van der Waals surface area contributed by atoms with E-state index in [4.69, 9.17) is 10.7 Å². The van der Waals surface area contributed by atoms with Crippen molar-refractivity contribution in [2.45, 2.75) is 64.2 Å². The molecule has 0 amide bonds. The van der Waals surface area contributed by atoms with Gasteiger partial charge in [0, 0.05) is 18.0 Å². The number of anilines is 1. The van der Waals surface area contributed by atoms with Crippen molar-refractivity contribution in [3.63, 3.8) is 0 Å². The Labute approximate surface area is 191 Å². The second-order valence-corrected chi connectivity index (χ2v) is 9.74. The number of fused-ring (bicyclic) bond motifs is 3. The van der Waals surface area contributed by atoms with Crippen LogP contribution >= 0.6 is 23.1 Å². The van der Waals surface area contributed by atoms with Crippen LogP contribution in [0.2, 0.25) is 0 Å². The average Bonchev–Trinajstić information content (AvgIpc) is 3.13. The molecule has 9 nitrogen and oxygen atoms in total. The van der Waals surface area contributed by atoms with Gasteiger partial charge in [-0.2, -0.15) is 0 Å². The summed E-state index contributed by atoms with van der Waals surface area (Å²) in [6.07, 6.45) is 4.69. The van der Waals surface area contributed by atoms with Gasteiger partial charge < -0.3 is 5.73 Å². The lowest BCUT2D eigenvalue weighted by atomic mass is 9.97. The van der Waals surface area contributed by atoms with Crippen molar-refractivity contribution in [1.29, 1.82) is 0 Å². The zero-order chi connectivity index (χ0) is 23.0. The molecule has 4 rings (SSSR count). The zero-order valence-corrected chi connectivity index (χ0v) is 19.7. The highest BCUT2D eigenvalue weighted by Crippen LogP contribution is 2.34. The third-order valence-corrected chi connectivity index (χ3v) is 7.82. The highest BCUT2D eigenvalue weighted by molar-refractivity contribution is 7.99. The van der Waals surface area contributed by atoms with Crippen LogP contribution in [-0.4, -0.2) is 30.6 Å². The number of thiophene rings is 1. The van der Waals surface area contributed by atoms with E-state index in [9.17, 15) is 19.2 Å². The Morgan fingerprint density at radius 2 is 1.94 bits per heavy atom. The number of carbonyl (C=O) groups is 1. The average molecular weight is 476 g/mol. The molecule has 0 fully saturated rings. The highest BCUT2D eigenvalue weighted by atomic mass is 32.2. The van der Waals surface area contributed by atoms with E-state index in [1.807, 2.05) is 13.8 Å². The first-order valence-corrected chi connectivity index (χ1v) is 12.5. The molecule has 0 spiro atoms. The fourth-order valence-electron chi connectivity index (χ4n) is 4.11. The molecule has 0 saturated carbocycles. The molecule has 3 aromatic heterocycles. The number of hydrogen-bond acceptors (Lipinski definition) is 8. The second kappa shape index (κ2) is 9.07. The molecule has 0 bridgehead atoms. The monoisotopic (exact) mass is 475 g/mol. The Kier molecular flexibility index (Phi) is 6.38. The van der Waals surface area contributed by atoms with Crippen molar-refractivity contribution in [2.75, 3.05) is 11.5 Å². The molecule has 0 aliphatic heterocycles. The maximum atomic E-state index is 13.2. The number of nitrogens with zero attached hydrogens (tertiary/aromatic N) is 3. The molecular weight excluding hydrogens is 450 g/mol. The molecule has 3 aromatic rings. The molecule has 0 radical (unpaired) electrons. The van der Waals surface area contributed by atoms with Gasteiger partial charge >= 0.3 is 5.69 Å². The number of aromatic amines is 1. The predicted molar refractivity (Wildman–Crippen MR) is 127 cm³/mol. The van der Waals surface area contributed by atoms with Gasteiger partial charge in [0.15, 0.2) is 10.9 Å². The maximum Gasteiger partial charge on any atom is 0.329 e. The van der Waals surface area contributed by atoms with Crippen LogP contribution < -0.4 is 22.5 Å². The zero-order valence-electron chi connectivity index (χ0n) is 18.0. The van der Waals surface area contributed by atoms with Crippen LogP contribution in [0, 0.1) is 0 Å². The Morgan fingerprint density at radius 1 is 1.19 bits per heavy atom. The van der Waals surface area contributed by atoms with Gasteiger partial charge in [-0.15, -0.1) is 11.3 Å². The minimum atomic E-state index is -0.798. The van der Waals surface area contributed by atoms with E-state index in [-0.39, 0.29) is 22.7 Å². The fraction of sp³-hybridized carbons (Fsp3) is 0.476. The van der Waals surface area contributed by atoms with Gasteiger partial charge in [-0.05, 0) is 44.6 Å². The van der Waals surface area contributed by atoms with Crippen molar-refractivity contribution >= 4 is 44.9 Å². The number of nitrogen functional groups attached to an aromatic ring is 1. The molecular formula is C21H25N5O4S2. The van der Waals surface area contributed by atoms with Gasteiger partial charge in [0.05, 0.1) is 11.1 Å². The van der Waals surface area contributed by atoms with E-state index >= 15 is 0 Å². The van der Waals surface area contributed by atoms with Crippen molar-refractivity contribution < 1.29 is 4.79 Å². The fourth-order valence-corrected chi connectivity index (χ4v) is 6.35. The Balaban J connectivity index is 1.69. The number of H-pyrrole nitrogens is 1. The third-order valence-electron chi connectivity index (χ3n) is 5.65. The number of carbonyl (C=O) groups excluding carboxylic acids is 1. The van der Waals surface area contributed by atoms with E-state index in [2.05, 4.69) is 4.98 Å². The van der Waals surface area contributed by atoms with Gasteiger partial charge in [-0.3, -0.25) is 28.5 Å². The maximum absolute atomic E-state index is 13.2. The summed E-state index contributed by atoms with van der Waals surface area (Å²) >= 11 is 2.66. The Hall–Kier alpha value is -2.66. The van der Waals surface area contributed by atoms with Crippen molar-refractivity contribution in [3.05, 3.63) is 47.2 Å². The first-order chi connectivity index (χ1) is 15.4. The van der Waals surface area contributed by atoms with Crippen LogP contribution in [0.3, 0.4) is 0 Å². The minimum absolute atomic E-state index is 0.0827. The minimum Gasteiger partial charge on any atom is -0.384 e. The Morgan fingerprint density at radius 3 is 2.66 bits per heavy atom. The molecule has 0 unspecified atom stereocenters. The van der Waals surface area contributed by atoms with E-state index in [0.717, 1.165) is 43.0 Å². The topological polar surface area (TPSA) is 133 Å². The number of nitrogens with two attached hydrogens (primary N) is 1. The van der Waals surface area contributed by atoms with Crippen molar-refractivity contribution in [2.24, 2.45) is 0 Å². The van der Waals surface area contributed by atoms with Crippen LogP contribution in [0.5, 0.6) is 0 Å².